The van der Waals surface area contributed by atoms with E-state index in [-0.39, 0.29) is 10.6 Å². The Morgan fingerprint density at radius 2 is 1.58 bits per heavy atom. The van der Waals surface area contributed by atoms with E-state index in [2.05, 4.69) is 15.9 Å². The molecule has 2 aromatic carbocycles. The molecule has 0 heterocycles. The molecule has 0 bridgehead atoms. The largest absolute Gasteiger partial charge is 0.379 e. The van der Waals surface area contributed by atoms with E-state index in [4.69, 9.17) is 4.18 Å². The van der Waals surface area contributed by atoms with Gasteiger partial charge in [0.1, 0.15) is 10.6 Å². The minimum absolute atomic E-state index is 0.0829. The molecule has 0 aliphatic rings. The summed E-state index contributed by atoms with van der Waals surface area (Å²) >= 11 is 3.17. The lowest BCUT2D eigenvalue weighted by molar-refractivity contribution is 0.472. The van der Waals surface area contributed by atoms with Gasteiger partial charge in [-0.3, -0.25) is 0 Å². The summed E-state index contributed by atoms with van der Waals surface area (Å²) < 4.78 is 54.8. The lowest BCUT2D eigenvalue weighted by Crippen LogP contribution is -2.09. The Morgan fingerprint density at radius 1 is 0.947 bits per heavy atom. The minimum atomic E-state index is -4.07. The van der Waals surface area contributed by atoms with Gasteiger partial charge in [-0.25, -0.2) is 8.78 Å². The quantitative estimate of drug-likeness (QED) is 0.797. The average molecular weight is 349 g/mol. The summed E-state index contributed by atoms with van der Waals surface area (Å²) in [4.78, 5) is -0.0829. The van der Waals surface area contributed by atoms with Gasteiger partial charge in [0, 0.05) is 10.5 Å². The Morgan fingerprint density at radius 3 is 2.16 bits per heavy atom. The van der Waals surface area contributed by atoms with Crippen LogP contribution in [0.4, 0.5) is 8.78 Å². The second kappa shape index (κ2) is 5.26. The van der Waals surface area contributed by atoms with Crippen LogP contribution in [0.5, 0.6) is 5.75 Å². The van der Waals surface area contributed by atoms with Crippen molar-refractivity contribution in [2.24, 2.45) is 0 Å². The molecule has 0 amide bonds. The van der Waals surface area contributed by atoms with Gasteiger partial charge in [-0.2, -0.15) is 8.42 Å². The van der Waals surface area contributed by atoms with E-state index in [0.717, 1.165) is 12.1 Å². The van der Waals surface area contributed by atoms with E-state index >= 15 is 0 Å². The predicted octanol–water partition coefficient (Wildman–Crippen LogP) is 3.50. The maximum Gasteiger partial charge on any atom is 0.339 e. The van der Waals surface area contributed by atoms with Crippen molar-refractivity contribution >= 4 is 26.0 Å². The zero-order chi connectivity index (χ0) is 14.0. The van der Waals surface area contributed by atoms with Crippen LogP contribution in [0, 0.1) is 11.6 Å². The monoisotopic (exact) mass is 348 g/mol. The van der Waals surface area contributed by atoms with Crippen LogP contribution >= 0.6 is 15.9 Å². The zero-order valence-corrected chi connectivity index (χ0v) is 11.7. The molecule has 0 saturated carbocycles. The van der Waals surface area contributed by atoms with Crippen LogP contribution in [0.2, 0.25) is 0 Å². The van der Waals surface area contributed by atoms with Crippen molar-refractivity contribution in [2.45, 2.75) is 4.90 Å². The second-order valence-corrected chi connectivity index (χ2v) is 6.03. The fraction of sp³-hybridized carbons (Fsp3) is 0. The molecule has 0 saturated heterocycles. The summed E-state index contributed by atoms with van der Waals surface area (Å²) in [6.07, 6.45) is 0. The van der Waals surface area contributed by atoms with E-state index in [1.807, 2.05) is 0 Å². The first-order valence-electron chi connectivity index (χ1n) is 5.03. The summed E-state index contributed by atoms with van der Waals surface area (Å²) in [5.74, 6) is -2.54. The Balaban J connectivity index is 2.30. The molecule has 0 atom stereocenters. The molecule has 19 heavy (non-hydrogen) atoms. The summed E-state index contributed by atoms with van der Waals surface area (Å²) in [5, 5.41) is 0. The van der Waals surface area contributed by atoms with E-state index in [0.29, 0.717) is 10.5 Å². The fourth-order valence-corrected chi connectivity index (χ4v) is 2.49. The van der Waals surface area contributed by atoms with Crippen LogP contribution in [0.15, 0.2) is 51.8 Å². The van der Waals surface area contributed by atoms with Crippen molar-refractivity contribution in [3.8, 4) is 5.75 Å². The summed E-state index contributed by atoms with van der Waals surface area (Å²) in [6.45, 7) is 0. The van der Waals surface area contributed by atoms with E-state index < -0.39 is 21.8 Å². The first-order valence-corrected chi connectivity index (χ1v) is 7.24. The highest BCUT2D eigenvalue weighted by molar-refractivity contribution is 9.10. The minimum Gasteiger partial charge on any atom is -0.379 e. The smallest absolute Gasteiger partial charge is 0.339 e. The number of hydrogen-bond donors (Lipinski definition) is 0. The number of hydrogen-bond acceptors (Lipinski definition) is 3. The van der Waals surface area contributed by atoms with Crippen LogP contribution in [0.25, 0.3) is 0 Å². The molecule has 7 heteroatoms. The maximum atomic E-state index is 13.0. The van der Waals surface area contributed by atoms with Gasteiger partial charge in [-0.05, 0) is 36.4 Å². The average Bonchev–Trinajstić information content (AvgIpc) is 2.34. The van der Waals surface area contributed by atoms with Crippen LogP contribution in [-0.4, -0.2) is 8.42 Å². The molecule has 100 valence electrons. The lowest BCUT2D eigenvalue weighted by atomic mass is 10.3. The molecule has 0 radical (unpaired) electrons. The third kappa shape index (κ3) is 3.30. The van der Waals surface area contributed by atoms with Crippen molar-refractivity contribution in [1.29, 1.82) is 0 Å². The van der Waals surface area contributed by atoms with Gasteiger partial charge in [-0.15, -0.1) is 0 Å². The van der Waals surface area contributed by atoms with Gasteiger partial charge in [0.15, 0.2) is 11.6 Å². The second-order valence-electron chi connectivity index (χ2n) is 3.57. The fourth-order valence-electron chi connectivity index (χ4n) is 1.30. The predicted molar refractivity (Wildman–Crippen MR) is 68.3 cm³/mol. The van der Waals surface area contributed by atoms with Crippen LogP contribution < -0.4 is 4.18 Å². The molecule has 3 nitrogen and oxygen atoms in total. The Labute approximate surface area is 117 Å². The Kier molecular flexibility index (Phi) is 3.86. The SMILES string of the molecule is O=S(=O)(Oc1ccc(F)c(F)c1)c1ccc(Br)cc1. The third-order valence-electron chi connectivity index (χ3n) is 2.20. The molecule has 2 rings (SSSR count). The standard InChI is InChI=1S/C12H7BrF2O3S/c13-8-1-4-10(5-2-8)19(16,17)18-9-3-6-11(14)12(15)7-9/h1-7H. The highest BCUT2D eigenvalue weighted by Gasteiger charge is 2.17. The molecule has 0 aliphatic heterocycles. The van der Waals surface area contributed by atoms with Crippen LogP contribution in [0.1, 0.15) is 0 Å². The topological polar surface area (TPSA) is 43.4 Å². The normalized spacial score (nSPS) is 11.3. The van der Waals surface area contributed by atoms with Gasteiger partial charge in [-0.1, -0.05) is 15.9 Å². The third-order valence-corrected chi connectivity index (χ3v) is 3.99. The lowest BCUT2D eigenvalue weighted by Gasteiger charge is -2.07. The Bertz CT molecular complexity index is 699. The molecule has 0 fully saturated rings. The molecule has 0 aliphatic carbocycles. The van der Waals surface area contributed by atoms with Gasteiger partial charge in [0.2, 0.25) is 0 Å². The molecule has 2 aromatic rings. The van der Waals surface area contributed by atoms with Crippen molar-refractivity contribution in [3.05, 3.63) is 58.6 Å². The first-order chi connectivity index (χ1) is 8.88. The highest BCUT2D eigenvalue weighted by Crippen LogP contribution is 2.22. The highest BCUT2D eigenvalue weighted by atomic mass is 79.9. The van der Waals surface area contributed by atoms with E-state index in [9.17, 15) is 17.2 Å². The number of benzene rings is 2. The summed E-state index contributed by atoms with van der Waals surface area (Å²) in [7, 11) is -4.07. The van der Waals surface area contributed by atoms with Crippen molar-refractivity contribution in [1.82, 2.24) is 0 Å². The van der Waals surface area contributed by atoms with Crippen molar-refractivity contribution < 1.29 is 21.4 Å². The molecular formula is C12H7BrF2O3S. The first kappa shape index (κ1) is 14.0. The summed E-state index contributed by atoms with van der Waals surface area (Å²) in [5.41, 5.74) is 0. The molecule has 0 aromatic heterocycles. The van der Waals surface area contributed by atoms with Gasteiger partial charge < -0.3 is 4.18 Å². The zero-order valence-electron chi connectivity index (χ0n) is 9.31. The van der Waals surface area contributed by atoms with Gasteiger partial charge >= 0.3 is 10.1 Å². The number of halogens is 3. The summed E-state index contributed by atoms with van der Waals surface area (Å²) in [6, 6.07) is 8.23. The molecule has 0 spiro atoms. The van der Waals surface area contributed by atoms with Gasteiger partial charge in [0.25, 0.3) is 0 Å². The molecule has 0 N–H and O–H groups in total. The molecule has 0 unspecified atom stereocenters. The maximum absolute atomic E-state index is 13.0. The van der Waals surface area contributed by atoms with Crippen molar-refractivity contribution in [2.75, 3.05) is 0 Å². The Hall–Kier alpha value is -1.47. The number of rotatable bonds is 3. The van der Waals surface area contributed by atoms with E-state index in [1.165, 1.54) is 24.3 Å². The van der Waals surface area contributed by atoms with Crippen molar-refractivity contribution in [3.63, 3.8) is 0 Å². The van der Waals surface area contributed by atoms with Crippen LogP contribution in [0.3, 0.4) is 0 Å². The van der Waals surface area contributed by atoms with Gasteiger partial charge in [0.05, 0.1) is 0 Å². The van der Waals surface area contributed by atoms with Crippen LogP contribution in [-0.2, 0) is 10.1 Å². The van der Waals surface area contributed by atoms with E-state index in [1.54, 1.807) is 0 Å². The molecular weight excluding hydrogens is 342 g/mol.